The molecule has 1 heterocycles. The molecule has 0 atom stereocenters. The smallest absolute Gasteiger partial charge is 0.230 e. The lowest BCUT2D eigenvalue weighted by Crippen LogP contribution is -2.15. The number of halogens is 1. The van der Waals surface area contributed by atoms with Crippen LogP contribution in [0.3, 0.4) is 0 Å². The first-order valence-electron chi connectivity index (χ1n) is 6.31. The van der Waals surface area contributed by atoms with Crippen LogP contribution in [-0.2, 0) is 11.2 Å². The highest BCUT2D eigenvalue weighted by molar-refractivity contribution is 6.30. The van der Waals surface area contributed by atoms with E-state index in [0.717, 1.165) is 5.69 Å². The van der Waals surface area contributed by atoms with E-state index in [1.807, 2.05) is 19.9 Å². The number of aromatic nitrogens is 2. The Bertz CT molecular complexity index is 610. The molecule has 1 aromatic carbocycles. The lowest BCUT2D eigenvalue weighted by molar-refractivity contribution is -0.115. The van der Waals surface area contributed by atoms with Crippen molar-refractivity contribution in [1.29, 1.82) is 0 Å². The zero-order valence-corrected chi connectivity index (χ0v) is 12.1. The molecule has 106 valence electrons. The summed E-state index contributed by atoms with van der Waals surface area (Å²) < 4.78 is 5.45. The second kappa shape index (κ2) is 6.43. The number of anilines is 1. The van der Waals surface area contributed by atoms with E-state index in [1.165, 1.54) is 0 Å². The van der Waals surface area contributed by atoms with E-state index in [-0.39, 0.29) is 12.3 Å². The molecule has 0 aliphatic carbocycles. The Morgan fingerprint density at radius 1 is 1.45 bits per heavy atom. The van der Waals surface area contributed by atoms with Gasteiger partial charge in [-0.1, -0.05) is 11.6 Å². The second-order valence-electron chi connectivity index (χ2n) is 4.34. The average Bonchev–Trinajstić information content (AvgIpc) is 2.78. The Balaban J connectivity index is 2.07. The van der Waals surface area contributed by atoms with Gasteiger partial charge in [-0.3, -0.25) is 9.89 Å². The van der Waals surface area contributed by atoms with Crippen LogP contribution in [0.25, 0.3) is 0 Å². The second-order valence-corrected chi connectivity index (χ2v) is 4.78. The fourth-order valence-electron chi connectivity index (χ4n) is 1.80. The molecule has 1 amide bonds. The van der Waals surface area contributed by atoms with Crippen LogP contribution in [0.5, 0.6) is 5.75 Å². The molecular formula is C14H16ClN3O2. The molecule has 0 unspecified atom stereocenters. The number of hydrogen-bond acceptors (Lipinski definition) is 3. The van der Waals surface area contributed by atoms with Crippen molar-refractivity contribution in [3.05, 3.63) is 40.7 Å². The van der Waals surface area contributed by atoms with Gasteiger partial charge in [0.15, 0.2) is 0 Å². The van der Waals surface area contributed by atoms with Crippen molar-refractivity contribution in [3.63, 3.8) is 0 Å². The first kappa shape index (κ1) is 14.4. The number of hydrogen-bond donors (Lipinski definition) is 2. The number of amides is 1. The minimum atomic E-state index is -0.153. The van der Waals surface area contributed by atoms with E-state index in [9.17, 15) is 4.79 Å². The Kier molecular flexibility index (Phi) is 4.63. The maximum atomic E-state index is 12.0. The molecule has 6 heteroatoms. The number of ether oxygens (including phenoxy) is 1. The molecule has 0 aliphatic heterocycles. The van der Waals surface area contributed by atoms with E-state index in [2.05, 4.69) is 15.5 Å². The normalized spacial score (nSPS) is 10.3. The lowest BCUT2D eigenvalue weighted by Gasteiger charge is -2.11. The molecule has 2 aromatic rings. The molecule has 0 bridgehead atoms. The number of aromatic amines is 1. The van der Waals surface area contributed by atoms with E-state index in [4.69, 9.17) is 16.3 Å². The van der Waals surface area contributed by atoms with Gasteiger partial charge in [0.2, 0.25) is 5.91 Å². The van der Waals surface area contributed by atoms with Crippen molar-refractivity contribution in [3.8, 4) is 5.75 Å². The third kappa shape index (κ3) is 3.74. The number of benzene rings is 1. The molecule has 0 aliphatic rings. The lowest BCUT2D eigenvalue weighted by atomic mass is 10.2. The largest absolute Gasteiger partial charge is 0.492 e. The summed E-state index contributed by atoms with van der Waals surface area (Å²) in [6, 6.07) is 6.95. The van der Waals surface area contributed by atoms with Crippen LogP contribution >= 0.6 is 11.6 Å². The molecular weight excluding hydrogens is 278 g/mol. The van der Waals surface area contributed by atoms with E-state index >= 15 is 0 Å². The summed E-state index contributed by atoms with van der Waals surface area (Å²) in [5.41, 5.74) is 2.23. The fourth-order valence-corrected chi connectivity index (χ4v) is 1.96. The zero-order chi connectivity index (χ0) is 14.5. The minimum Gasteiger partial charge on any atom is -0.492 e. The number of rotatable bonds is 5. The molecule has 20 heavy (non-hydrogen) atoms. The summed E-state index contributed by atoms with van der Waals surface area (Å²) in [5, 5.41) is 10.2. The van der Waals surface area contributed by atoms with E-state index in [1.54, 1.807) is 18.2 Å². The van der Waals surface area contributed by atoms with E-state index in [0.29, 0.717) is 28.8 Å². The summed E-state index contributed by atoms with van der Waals surface area (Å²) in [6.45, 7) is 4.27. The first-order valence-corrected chi connectivity index (χ1v) is 6.69. The number of carbonyl (C=O) groups is 1. The standard InChI is InChI=1S/C14H16ClN3O2/c1-3-20-13-7-10(15)4-5-12(13)16-14(19)8-11-6-9(2)17-18-11/h4-7H,3,8H2,1-2H3,(H,16,19)(H,17,18). The summed E-state index contributed by atoms with van der Waals surface area (Å²) in [5.74, 6) is 0.409. The van der Waals surface area contributed by atoms with Crippen molar-refractivity contribution in [2.24, 2.45) is 0 Å². The van der Waals surface area contributed by atoms with Gasteiger partial charge in [-0.25, -0.2) is 0 Å². The van der Waals surface area contributed by atoms with Gasteiger partial charge < -0.3 is 10.1 Å². The van der Waals surface area contributed by atoms with Gasteiger partial charge in [-0.05, 0) is 32.0 Å². The number of aryl methyl sites for hydroxylation is 1. The number of H-pyrrole nitrogens is 1. The Hall–Kier alpha value is -2.01. The van der Waals surface area contributed by atoms with Crippen molar-refractivity contribution in [2.45, 2.75) is 20.3 Å². The molecule has 0 radical (unpaired) electrons. The quantitative estimate of drug-likeness (QED) is 0.890. The molecule has 1 aromatic heterocycles. The van der Waals surface area contributed by atoms with Crippen LogP contribution < -0.4 is 10.1 Å². The predicted octanol–water partition coefficient (Wildman–Crippen LogP) is 2.95. The highest BCUT2D eigenvalue weighted by atomic mass is 35.5. The monoisotopic (exact) mass is 293 g/mol. The highest BCUT2D eigenvalue weighted by Gasteiger charge is 2.10. The third-order valence-corrected chi connectivity index (χ3v) is 2.85. The van der Waals surface area contributed by atoms with Crippen molar-refractivity contribution in [1.82, 2.24) is 10.2 Å². The molecule has 0 saturated carbocycles. The minimum absolute atomic E-state index is 0.153. The van der Waals surface area contributed by atoms with Gasteiger partial charge in [0.1, 0.15) is 5.75 Å². The van der Waals surface area contributed by atoms with Gasteiger partial charge >= 0.3 is 0 Å². The Morgan fingerprint density at radius 3 is 2.90 bits per heavy atom. The summed E-state index contributed by atoms with van der Waals surface area (Å²) in [7, 11) is 0. The molecule has 0 fully saturated rings. The number of carbonyl (C=O) groups excluding carboxylic acids is 1. The fraction of sp³-hybridized carbons (Fsp3) is 0.286. The van der Waals surface area contributed by atoms with Crippen LogP contribution in [0.2, 0.25) is 5.02 Å². The highest BCUT2D eigenvalue weighted by Crippen LogP contribution is 2.28. The molecule has 2 N–H and O–H groups in total. The maximum absolute atomic E-state index is 12.0. The third-order valence-electron chi connectivity index (χ3n) is 2.62. The van der Waals surface area contributed by atoms with Gasteiger partial charge in [-0.15, -0.1) is 0 Å². The van der Waals surface area contributed by atoms with Crippen molar-refractivity contribution in [2.75, 3.05) is 11.9 Å². The van der Waals surface area contributed by atoms with Gasteiger partial charge in [0.25, 0.3) is 0 Å². The Morgan fingerprint density at radius 2 is 2.25 bits per heavy atom. The van der Waals surface area contributed by atoms with Crippen molar-refractivity contribution < 1.29 is 9.53 Å². The van der Waals surface area contributed by atoms with Gasteiger partial charge in [-0.2, -0.15) is 5.10 Å². The van der Waals surface area contributed by atoms with Crippen LogP contribution in [0.4, 0.5) is 5.69 Å². The van der Waals surface area contributed by atoms with Crippen LogP contribution in [-0.4, -0.2) is 22.7 Å². The molecule has 5 nitrogen and oxygen atoms in total. The topological polar surface area (TPSA) is 67.0 Å². The summed E-state index contributed by atoms with van der Waals surface area (Å²) in [4.78, 5) is 12.0. The maximum Gasteiger partial charge on any atom is 0.230 e. The predicted molar refractivity (Wildman–Crippen MR) is 78.3 cm³/mol. The van der Waals surface area contributed by atoms with Crippen LogP contribution in [0, 0.1) is 6.92 Å². The molecule has 2 rings (SSSR count). The SMILES string of the molecule is CCOc1cc(Cl)ccc1NC(=O)Cc1cc(C)[nH]n1. The van der Waals surface area contributed by atoms with Crippen LogP contribution in [0.1, 0.15) is 18.3 Å². The number of nitrogens with one attached hydrogen (secondary N) is 2. The van der Waals surface area contributed by atoms with Crippen molar-refractivity contribution >= 4 is 23.2 Å². The molecule has 0 spiro atoms. The molecule has 0 saturated heterocycles. The van der Waals surface area contributed by atoms with Crippen LogP contribution in [0.15, 0.2) is 24.3 Å². The Labute approximate surface area is 122 Å². The summed E-state index contributed by atoms with van der Waals surface area (Å²) >= 11 is 5.91. The zero-order valence-electron chi connectivity index (χ0n) is 11.4. The number of nitrogens with zero attached hydrogens (tertiary/aromatic N) is 1. The van der Waals surface area contributed by atoms with Gasteiger partial charge in [0.05, 0.1) is 24.4 Å². The van der Waals surface area contributed by atoms with Gasteiger partial charge in [0, 0.05) is 16.8 Å². The van der Waals surface area contributed by atoms with E-state index < -0.39 is 0 Å². The summed E-state index contributed by atoms with van der Waals surface area (Å²) in [6.07, 6.45) is 0.207. The average molecular weight is 294 g/mol. The first-order chi connectivity index (χ1) is 9.58.